The Morgan fingerprint density at radius 2 is 2.09 bits per heavy atom. The summed E-state index contributed by atoms with van der Waals surface area (Å²) >= 11 is 0. The van der Waals surface area contributed by atoms with E-state index in [4.69, 9.17) is 0 Å². The maximum Gasteiger partial charge on any atom is 0.209 e. The predicted octanol–water partition coefficient (Wildman–Crippen LogP) is 1.43. The van der Waals surface area contributed by atoms with E-state index in [1.165, 1.54) is 0 Å². The van der Waals surface area contributed by atoms with Gasteiger partial charge in [0.05, 0.1) is 5.68 Å². The van der Waals surface area contributed by atoms with Crippen LogP contribution in [0.4, 0.5) is 0 Å². The van der Waals surface area contributed by atoms with E-state index < -0.39 is 0 Å². The molecule has 1 rings (SSSR count). The molecule has 62 valence electrons. The van der Waals surface area contributed by atoms with E-state index >= 15 is 0 Å². The van der Waals surface area contributed by atoms with Crippen LogP contribution >= 0.6 is 9.24 Å². The second-order valence-electron chi connectivity index (χ2n) is 3.44. The quantitative estimate of drug-likeness (QED) is 0.452. The fourth-order valence-corrected chi connectivity index (χ4v) is 2.83. The maximum absolute atomic E-state index is 11.3. The van der Waals surface area contributed by atoms with E-state index in [1.54, 1.807) is 0 Å². The first-order chi connectivity index (χ1) is 5.20. The SMILES string of the molecule is CCC1BC(=O)C(P)C1CC. The van der Waals surface area contributed by atoms with Gasteiger partial charge >= 0.3 is 0 Å². The molecule has 1 saturated heterocycles. The minimum absolute atomic E-state index is 0.255. The van der Waals surface area contributed by atoms with Gasteiger partial charge in [0, 0.05) is 5.66 Å². The normalized spacial score (nSPS) is 37.4. The smallest absolute Gasteiger partial charge is 0.209 e. The minimum Gasteiger partial charge on any atom is -0.311 e. The Bertz CT molecular complexity index is 160. The molecule has 0 aromatic rings. The number of hydrogen-bond donors (Lipinski definition) is 0. The number of carbonyl (C=O) groups excluding carboxylic acids is 1. The fraction of sp³-hybridized carbons (Fsp3) is 0.875. The van der Waals surface area contributed by atoms with Crippen molar-refractivity contribution >= 4 is 22.2 Å². The molecule has 0 aliphatic carbocycles. The zero-order chi connectivity index (χ0) is 8.43. The lowest BCUT2D eigenvalue weighted by molar-refractivity contribution is -0.111. The van der Waals surface area contributed by atoms with Crippen molar-refractivity contribution in [3.8, 4) is 0 Å². The van der Waals surface area contributed by atoms with Gasteiger partial charge in [-0.25, -0.2) is 0 Å². The van der Waals surface area contributed by atoms with E-state index in [0.29, 0.717) is 17.4 Å². The lowest BCUT2D eigenvalue weighted by Crippen LogP contribution is -2.14. The Labute approximate surface area is 71.8 Å². The van der Waals surface area contributed by atoms with Gasteiger partial charge in [-0.05, 0) is 5.92 Å². The van der Waals surface area contributed by atoms with Gasteiger partial charge in [0.25, 0.3) is 0 Å². The first kappa shape index (κ1) is 9.25. The van der Waals surface area contributed by atoms with Gasteiger partial charge in [-0.1, -0.05) is 32.5 Å². The molecule has 0 spiro atoms. The van der Waals surface area contributed by atoms with E-state index in [1.807, 2.05) is 0 Å². The summed E-state index contributed by atoms with van der Waals surface area (Å²) in [6.45, 7) is 4.37. The van der Waals surface area contributed by atoms with Crippen molar-refractivity contribution in [2.75, 3.05) is 0 Å². The Morgan fingerprint density at radius 3 is 2.45 bits per heavy atom. The molecule has 3 heteroatoms. The van der Waals surface area contributed by atoms with Crippen LogP contribution in [-0.2, 0) is 4.79 Å². The monoisotopic (exact) mass is 170 g/mol. The third-order valence-electron chi connectivity index (χ3n) is 2.90. The van der Waals surface area contributed by atoms with Crippen LogP contribution in [0.2, 0.25) is 5.82 Å². The largest absolute Gasteiger partial charge is 0.311 e. The zero-order valence-corrected chi connectivity index (χ0v) is 8.49. The van der Waals surface area contributed by atoms with Gasteiger partial charge in [0.2, 0.25) is 7.28 Å². The van der Waals surface area contributed by atoms with Crippen LogP contribution in [0.5, 0.6) is 0 Å². The lowest BCUT2D eigenvalue weighted by atomic mass is 9.63. The van der Waals surface area contributed by atoms with Crippen molar-refractivity contribution < 1.29 is 4.79 Å². The molecule has 0 amide bonds. The van der Waals surface area contributed by atoms with Crippen LogP contribution in [0, 0.1) is 5.92 Å². The van der Waals surface area contributed by atoms with Crippen molar-refractivity contribution in [1.82, 2.24) is 0 Å². The van der Waals surface area contributed by atoms with Gasteiger partial charge in [-0.3, -0.25) is 0 Å². The molecular formula is C8H16BOP. The zero-order valence-electron chi connectivity index (χ0n) is 7.34. The van der Waals surface area contributed by atoms with Crippen molar-refractivity contribution in [3.63, 3.8) is 0 Å². The molecule has 1 aliphatic heterocycles. The maximum atomic E-state index is 11.3. The van der Waals surface area contributed by atoms with E-state index in [9.17, 15) is 4.79 Å². The lowest BCUT2D eigenvalue weighted by Gasteiger charge is -2.18. The molecule has 4 unspecified atom stereocenters. The van der Waals surface area contributed by atoms with Gasteiger partial charge in [0.15, 0.2) is 0 Å². The molecule has 0 saturated carbocycles. The van der Waals surface area contributed by atoms with Crippen LogP contribution in [0.1, 0.15) is 26.7 Å². The van der Waals surface area contributed by atoms with Gasteiger partial charge in [-0.15, -0.1) is 9.24 Å². The van der Waals surface area contributed by atoms with E-state index in [-0.39, 0.29) is 5.66 Å². The van der Waals surface area contributed by atoms with Crippen LogP contribution in [0.3, 0.4) is 0 Å². The molecule has 0 bridgehead atoms. The van der Waals surface area contributed by atoms with E-state index in [0.717, 1.165) is 20.1 Å². The molecule has 0 aromatic carbocycles. The third-order valence-corrected chi connectivity index (χ3v) is 3.76. The molecular weight excluding hydrogens is 154 g/mol. The fourth-order valence-electron chi connectivity index (χ4n) is 2.11. The average Bonchev–Trinajstić information content (AvgIpc) is 2.28. The average molecular weight is 170 g/mol. The van der Waals surface area contributed by atoms with Crippen molar-refractivity contribution in [1.29, 1.82) is 0 Å². The molecule has 1 nitrogen and oxygen atoms in total. The summed E-state index contributed by atoms with van der Waals surface area (Å²) in [6.07, 6.45) is 2.31. The van der Waals surface area contributed by atoms with Gasteiger partial charge in [0.1, 0.15) is 0 Å². The van der Waals surface area contributed by atoms with Crippen LogP contribution < -0.4 is 0 Å². The van der Waals surface area contributed by atoms with Crippen molar-refractivity contribution in [2.45, 2.75) is 38.2 Å². The van der Waals surface area contributed by atoms with Crippen LogP contribution in [0.25, 0.3) is 0 Å². The molecule has 0 radical (unpaired) electrons. The second kappa shape index (κ2) is 3.71. The number of carbonyl (C=O) groups is 1. The van der Waals surface area contributed by atoms with Crippen LogP contribution in [-0.4, -0.2) is 18.6 Å². The highest BCUT2D eigenvalue weighted by molar-refractivity contribution is 7.21. The summed E-state index contributed by atoms with van der Waals surface area (Å²) in [6, 6.07) is 0. The molecule has 1 fully saturated rings. The molecule has 0 N–H and O–H groups in total. The van der Waals surface area contributed by atoms with Gasteiger partial charge in [-0.2, -0.15) is 0 Å². The summed E-state index contributed by atoms with van der Waals surface area (Å²) in [7, 11) is 3.52. The second-order valence-corrected chi connectivity index (χ2v) is 4.15. The molecule has 1 aliphatic rings. The number of hydrogen-bond acceptors (Lipinski definition) is 1. The summed E-state index contributed by atoms with van der Waals surface area (Å²) in [5.74, 6) is 1.30. The summed E-state index contributed by atoms with van der Waals surface area (Å²) in [4.78, 5) is 11.3. The summed E-state index contributed by atoms with van der Waals surface area (Å²) < 4.78 is 0. The standard InChI is InChI=1S/C8H16BOP/c1-3-5-6(4-2)9-8(10)7(5)11/h5-7,9H,3-4,11H2,1-2H3. The third kappa shape index (κ3) is 1.67. The first-order valence-corrected chi connectivity index (χ1v) is 5.15. The topological polar surface area (TPSA) is 17.1 Å². The highest BCUT2D eigenvalue weighted by Crippen LogP contribution is 2.37. The van der Waals surface area contributed by atoms with Gasteiger partial charge < -0.3 is 4.79 Å². The Morgan fingerprint density at radius 1 is 1.45 bits per heavy atom. The van der Waals surface area contributed by atoms with E-state index in [2.05, 4.69) is 23.1 Å². The van der Waals surface area contributed by atoms with Crippen molar-refractivity contribution in [3.05, 3.63) is 0 Å². The Balaban J connectivity index is 2.64. The predicted molar refractivity (Wildman–Crippen MR) is 53.5 cm³/mol. The van der Waals surface area contributed by atoms with Crippen LogP contribution in [0.15, 0.2) is 0 Å². The molecule has 1 heterocycles. The summed E-state index contributed by atoms with van der Waals surface area (Å²) in [5, 5.41) is 0. The van der Waals surface area contributed by atoms with Crippen molar-refractivity contribution in [2.24, 2.45) is 5.92 Å². The highest BCUT2D eigenvalue weighted by Gasteiger charge is 2.38. The molecule has 0 aromatic heterocycles. The first-order valence-electron chi connectivity index (χ1n) is 4.49. The molecule has 11 heavy (non-hydrogen) atoms. The molecule has 4 atom stereocenters. The number of rotatable bonds is 2. The Kier molecular flexibility index (Phi) is 3.12. The highest BCUT2D eigenvalue weighted by atomic mass is 31.0. The summed E-state index contributed by atoms with van der Waals surface area (Å²) in [5.41, 5.74) is 0.707. The Hall–Kier alpha value is 0.165. The minimum atomic E-state index is 0.255.